The molecule has 2 amide bonds. The van der Waals surface area contributed by atoms with Crippen molar-refractivity contribution in [2.45, 2.75) is 32.7 Å². The number of anilines is 1. The number of hydrogen-bond donors (Lipinski definition) is 1. The number of rotatable bonds is 4. The summed E-state index contributed by atoms with van der Waals surface area (Å²) in [5.41, 5.74) is 2.80. The van der Waals surface area contributed by atoms with Crippen LogP contribution in [0.1, 0.15) is 29.5 Å². The van der Waals surface area contributed by atoms with Crippen LogP contribution in [0.3, 0.4) is 0 Å². The molecule has 0 radical (unpaired) electrons. The van der Waals surface area contributed by atoms with E-state index in [1.807, 2.05) is 36.1 Å². The van der Waals surface area contributed by atoms with Gasteiger partial charge in [0.25, 0.3) is 0 Å². The van der Waals surface area contributed by atoms with Gasteiger partial charge in [0.2, 0.25) is 18.6 Å². The standard InChI is InChI=1S/C23H23N3O4S/c1-13-22(17-4-5-18-16(11-17)7-8-26(18)14(2)27)25-23(31-13)24-21(28)10-15-3-6-19-20(9-15)30-12-29-19/h3-6,9,11,16,18H,7-8,10,12H2,1-2H3,(H,24,25,28). The van der Waals surface area contributed by atoms with Crippen molar-refractivity contribution in [1.82, 2.24) is 9.88 Å². The number of thiazole rings is 1. The average molecular weight is 438 g/mol. The van der Waals surface area contributed by atoms with Gasteiger partial charge in [-0.3, -0.25) is 9.59 Å². The SMILES string of the molecule is CC(=O)N1CCC2C=C(c3nc(NC(=O)Cc4ccc5c(c4)OCO5)sc3C)C=CC21. The second-order valence-electron chi connectivity index (χ2n) is 7.97. The molecule has 0 spiro atoms. The fraction of sp³-hybridized carbons (Fsp3) is 0.348. The zero-order valence-electron chi connectivity index (χ0n) is 17.4. The Morgan fingerprint density at radius 1 is 1.29 bits per heavy atom. The van der Waals surface area contributed by atoms with Gasteiger partial charge in [-0.05, 0) is 36.6 Å². The molecule has 1 N–H and O–H groups in total. The number of aryl methyl sites for hydroxylation is 1. The quantitative estimate of drug-likeness (QED) is 0.791. The molecule has 31 heavy (non-hydrogen) atoms. The number of carbonyl (C=O) groups is 2. The van der Waals surface area contributed by atoms with E-state index in [4.69, 9.17) is 9.47 Å². The summed E-state index contributed by atoms with van der Waals surface area (Å²) in [4.78, 5) is 32.0. The second kappa shape index (κ2) is 7.85. The molecule has 2 aromatic rings. The number of nitrogens with one attached hydrogen (secondary N) is 1. The highest BCUT2D eigenvalue weighted by Crippen LogP contribution is 2.37. The van der Waals surface area contributed by atoms with Crippen LogP contribution in [0.15, 0.2) is 36.4 Å². The lowest BCUT2D eigenvalue weighted by molar-refractivity contribution is -0.129. The van der Waals surface area contributed by atoms with Gasteiger partial charge in [-0.1, -0.05) is 24.3 Å². The van der Waals surface area contributed by atoms with Gasteiger partial charge >= 0.3 is 0 Å². The summed E-state index contributed by atoms with van der Waals surface area (Å²) in [6, 6.07) is 5.66. The van der Waals surface area contributed by atoms with Gasteiger partial charge in [0.05, 0.1) is 18.2 Å². The Labute approximate surface area is 184 Å². The highest BCUT2D eigenvalue weighted by atomic mass is 32.1. The number of fused-ring (bicyclic) bond motifs is 2. The lowest BCUT2D eigenvalue weighted by Crippen LogP contribution is -2.35. The molecule has 3 aliphatic rings. The normalized spacial score (nSPS) is 21.1. The fourth-order valence-electron chi connectivity index (χ4n) is 4.40. The largest absolute Gasteiger partial charge is 0.454 e. The highest BCUT2D eigenvalue weighted by molar-refractivity contribution is 7.15. The van der Waals surface area contributed by atoms with E-state index >= 15 is 0 Å². The van der Waals surface area contributed by atoms with Crippen LogP contribution in [0, 0.1) is 12.8 Å². The average Bonchev–Trinajstić information content (AvgIpc) is 3.44. The van der Waals surface area contributed by atoms with Gasteiger partial charge in [0, 0.05) is 24.3 Å². The zero-order chi connectivity index (χ0) is 21.5. The smallest absolute Gasteiger partial charge is 0.231 e. The van der Waals surface area contributed by atoms with Crippen molar-refractivity contribution in [2.24, 2.45) is 5.92 Å². The number of aromatic nitrogens is 1. The van der Waals surface area contributed by atoms with Crippen molar-refractivity contribution in [3.05, 3.63) is 52.6 Å². The lowest BCUT2D eigenvalue weighted by atomic mass is 9.90. The Hall–Kier alpha value is -3.13. The van der Waals surface area contributed by atoms with Crippen molar-refractivity contribution in [3.63, 3.8) is 0 Å². The molecule has 1 aromatic carbocycles. The Balaban J connectivity index is 1.27. The summed E-state index contributed by atoms with van der Waals surface area (Å²) in [5, 5.41) is 3.51. The van der Waals surface area contributed by atoms with Gasteiger partial charge in [-0.2, -0.15) is 0 Å². The van der Waals surface area contributed by atoms with E-state index in [0.717, 1.165) is 34.7 Å². The number of allylic oxidation sites excluding steroid dienone is 2. The maximum atomic E-state index is 12.5. The molecule has 3 heterocycles. The highest BCUT2D eigenvalue weighted by Gasteiger charge is 2.34. The fourth-order valence-corrected chi connectivity index (χ4v) is 5.25. The Bertz CT molecular complexity index is 1120. The van der Waals surface area contributed by atoms with Gasteiger partial charge in [-0.15, -0.1) is 11.3 Å². The molecule has 5 rings (SSSR count). The Morgan fingerprint density at radius 3 is 2.97 bits per heavy atom. The van der Waals surface area contributed by atoms with E-state index in [-0.39, 0.29) is 31.1 Å². The molecule has 1 aromatic heterocycles. The number of carbonyl (C=O) groups excluding carboxylic acids is 2. The molecule has 1 aliphatic carbocycles. The summed E-state index contributed by atoms with van der Waals surface area (Å²) in [6.07, 6.45) is 7.56. The van der Waals surface area contributed by atoms with Crippen LogP contribution in [0.4, 0.5) is 5.13 Å². The minimum atomic E-state index is -0.125. The van der Waals surface area contributed by atoms with E-state index in [0.29, 0.717) is 22.5 Å². The molecule has 0 saturated carbocycles. The van der Waals surface area contributed by atoms with Crippen LogP contribution in [0.5, 0.6) is 11.5 Å². The summed E-state index contributed by atoms with van der Waals surface area (Å²) >= 11 is 1.47. The molecule has 2 atom stereocenters. The predicted octanol–water partition coefficient (Wildman–Crippen LogP) is 3.55. The van der Waals surface area contributed by atoms with Gasteiger partial charge in [0.1, 0.15) is 0 Å². The van der Waals surface area contributed by atoms with Crippen LogP contribution in [0.2, 0.25) is 0 Å². The maximum absolute atomic E-state index is 12.5. The number of ether oxygens (including phenoxy) is 2. The summed E-state index contributed by atoms with van der Waals surface area (Å²) in [5.74, 6) is 1.68. The van der Waals surface area contributed by atoms with E-state index in [9.17, 15) is 9.59 Å². The van der Waals surface area contributed by atoms with Crippen molar-refractivity contribution in [1.29, 1.82) is 0 Å². The van der Waals surface area contributed by atoms with E-state index in [1.165, 1.54) is 11.3 Å². The maximum Gasteiger partial charge on any atom is 0.231 e. The topological polar surface area (TPSA) is 80.8 Å². The Kier molecular flexibility index (Phi) is 5.02. The van der Waals surface area contributed by atoms with Gasteiger partial charge in [-0.25, -0.2) is 4.98 Å². The first-order valence-electron chi connectivity index (χ1n) is 10.3. The lowest BCUT2D eigenvalue weighted by Gasteiger charge is -2.26. The summed E-state index contributed by atoms with van der Waals surface area (Å²) < 4.78 is 10.7. The number of amides is 2. The molecule has 160 valence electrons. The minimum absolute atomic E-state index is 0.117. The Morgan fingerprint density at radius 2 is 2.13 bits per heavy atom. The van der Waals surface area contributed by atoms with Crippen molar-refractivity contribution < 1.29 is 19.1 Å². The van der Waals surface area contributed by atoms with Crippen LogP contribution >= 0.6 is 11.3 Å². The second-order valence-corrected chi connectivity index (χ2v) is 9.18. The molecular weight excluding hydrogens is 414 g/mol. The first-order valence-corrected chi connectivity index (χ1v) is 11.1. The molecule has 1 fully saturated rings. The minimum Gasteiger partial charge on any atom is -0.454 e. The first-order chi connectivity index (χ1) is 15.0. The van der Waals surface area contributed by atoms with Crippen molar-refractivity contribution in [2.75, 3.05) is 18.7 Å². The predicted molar refractivity (Wildman–Crippen MR) is 118 cm³/mol. The number of likely N-dealkylation sites (tertiary alicyclic amines) is 1. The van der Waals surface area contributed by atoms with Crippen LogP contribution in [-0.4, -0.2) is 41.1 Å². The molecule has 7 nitrogen and oxygen atoms in total. The van der Waals surface area contributed by atoms with Crippen molar-refractivity contribution in [3.8, 4) is 11.5 Å². The van der Waals surface area contributed by atoms with Crippen LogP contribution in [-0.2, 0) is 16.0 Å². The zero-order valence-corrected chi connectivity index (χ0v) is 18.2. The summed E-state index contributed by atoms with van der Waals surface area (Å²) in [6.45, 7) is 4.64. The van der Waals surface area contributed by atoms with Crippen LogP contribution in [0.25, 0.3) is 5.57 Å². The van der Waals surface area contributed by atoms with Gasteiger partial charge < -0.3 is 19.7 Å². The molecule has 1 saturated heterocycles. The third-order valence-electron chi connectivity index (χ3n) is 5.89. The third-order valence-corrected chi connectivity index (χ3v) is 6.78. The number of nitrogens with zero attached hydrogens (tertiary/aromatic N) is 2. The first kappa shape index (κ1) is 19.8. The van der Waals surface area contributed by atoms with Crippen LogP contribution < -0.4 is 14.8 Å². The monoisotopic (exact) mass is 437 g/mol. The molecule has 8 heteroatoms. The van der Waals surface area contributed by atoms with Gasteiger partial charge in [0.15, 0.2) is 16.6 Å². The molecular formula is C23H23N3O4S. The molecule has 2 aliphatic heterocycles. The van der Waals surface area contributed by atoms with Crippen molar-refractivity contribution >= 4 is 33.9 Å². The number of hydrogen-bond acceptors (Lipinski definition) is 6. The van der Waals surface area contributed by atoms with E-state index < -0.39 is 0 Å². The number of benzene rings is 1. The summed E-state index contributed by atoms with van der Waals surface area (Å²) in [7, 11) is 0. The third kappa shape index (κ3) is 3.83. The van der Waals surface area contributed by atoms with E-state index in [2.05, 4.69) is 22.5 Å². The van der Waals surface area contributed by atoms with E-state index in [1.54, 1.807) is 6.92 Å². The molecule has 0 bridgehead atoms. The molecule has 2 unspecified atom stereocenters.